The van der Waals surface area contributed by atoms with E-state index in [1.165, 1.54) is 24.3 Å². The number of hydrogen-bond acceptors (Lipinski definition) is 5. The fourth-order valence-corrected chi connectivity index (χ4v) is 4.45. The summed E-state index contributed by atoms with van der Waals surface area (Å²) in [6.07, 6.45) is 9.41. The molecule has 1 amide bonds. The second kappa shape index (κ2) is 8.56. The summed E-state index contributed by atoms with van der Waals surface area (Å²) < 4.78 is 6.24. The number of rotatable bonds is 5. The Bertz CT molecular complexity index is 901. The number of pyridine rings is 1. The van der Waals surface area contributed by atoms with Gasteiger partial charge in [-0.15, -0.1) is 0 Å². The smallest absolute Gasteiger partial charge is 0.249 e. The SMILES string of the molecule is O=C1CCC(c2ccc(OC3CCN(C4CCC4)CC3)cc2)=NN1c1ccccn1. The zero-order valence-electron chi connectivity index (χ0n) is 17.2. The summed E-state index contributed by atoms with van der Waals surface area (Å²) in [6.45, 7) is 2.31. The first kappa shape index (κ1) is 19.2. The summed E-state index contributed by atoms with van der Waals surface area (Å²) in [5.74, 6) is 1.45. The van der Waals surface area contributed by atoms with Crippen LogP contribution < -0.4 is 9.75 Å². The van der Waals surface area contributed by atoms with Gasteiger partial charge in [0.2, 0.25) is 5.91 Å². The average molecular weight is 405 g/mol. The first-order valence-corrected chi connectivity index (χ1v) is 11.1. The van der Waals surface area contributed by atoms with E-state index in [1.54, 1.807) is 12.3 Å². The Morgan fingerprint density at radius 3 is 2.40 bits per heavy atom. The molecule has 1 aliphatic carbocycles. The number of benzene rings is 1. The number of likely N-dealkylation sites (tertiary alicyclic amines) is 1. The minimum Gasteiger partial charge on any atom is -0.490 e. The van der Waals surface area contributed by atoms with Gasteiger partial charge < -0.3 is 9.64 Å². The van der Waals surface area contributed by atoms with Crippen molar-refractivity contribution in [3.8, 4) is 5.75 Å². The highest BCUT2D eigenvalue weighted by Gasteiger charge is 2.29. The van der Waals surface area contributed by atoms with E-state index in [4.69, 9.17) is 4.74 Å². The number of piperidine rings is 1. The molecule has 3 aliphatic rings. The Hall–Kier alpha value is -2.73. The second-order valence-corrected chi connectivity index (χ2v) is 8.40. The van der Waals surface area contributed by atoms with Gasteiger partial charge >= 0.3 is 0 Å². The molecule has 2 aromatic rings. The van der Waals surface area contributed by atoms with E-state index >= 15 is 0 Å². The van der Waals surface area contributed by atoms with Crippen LogP contribution in [0.1, 0.15) is 50.5 Å². The van der Waals surface area contributed by atoms with E-state index in [0.717, 1.165) is 49.0 Å². The summed E-state index contributed by atoms with van der Waals surface area (Å²) >= 11 is 0. The Kier molecular flexibility index (Phi) is 5.49. The third-order valence-corrected chi connectivity index (χ3v) is 6.46. The topological polar surface area (TPSA) is 58.0 Å². The molecular formula is C24H28N4O2. The number of nitrogens with zero attached hydrogens (tertiary/aromatic N) is 4. The van der Waals surface area contributed by atoms with Crippen LogP contribution in [0.3, 0.4) is 0 Å². The molecule has 6 heteroatoms. The van der Waals surface area contributed by atoms with Crippen LogP contribution in [-0.4, -0.2) is 46.7 Å². The molecule has 5 rings (SSSR count). The van der Waals surface area contributed by atoms with E-state index < -0.39 is 0 Å². The zero-order valence-corrected chi connectivity index (χ0v) is 17.2. The number of carbonyl (C=O) groups is 1. The summed E-state index contributed by atoms with van der Waals surface area (Å²) in [5, 5.41) is 5.99. The van der Waals surface area contributed by atoms with Gasteiger partial charge in [-0.25, -0.2) is 4.98 Å². The summed E-state index contributed by atoms with van der Waals surface area (Å²) in [5.41, 5.74) is 1.93. The molecule has 0 N–H and O–H groups in total. The summed E-state index contributed by atoms with van der Waals surface area (Å²) in [4.78, 5) is 19.2. The van der Waals surface area contributed by atoms with Gasteiger partial charge in [-0.2, -0.15) is 10.1 Å². The molecule has 156 valence electrons. The number of ether oxygens (including phenoxy) is 1. The highest BCUT2D eigenvalue weighted by molar-refractivity contribution is 6.08. The Morgan fingerprint density at radius 2 is 1.73 bits per heavy atom. The molecule has 0 atom stereocenters. The van der Waals surface area contributed by atoms with Gasteiger partial charge in [0.15, 0.2) is 5.82 Å². The fraction of sp³-hybridized carbons (Fsp3) is 0.458. The summed E-state index contributed by atoms with van der Waals surface area (Å²) in [7, 11) is 0. The van der Waals surface area contributed by atoms with E-state index in [2.05, 4.69) is 15.0 Å². The molecular weight excluding hydrogens is 376 g/mol. The molecule has 0 radical (unpaired) electrons. The van der Waals surface area contributed by atoms with Crippen molar-refractivity contribution in [3.63, 3.8) is 0 Å². The Morgan fingerprint density at radius 1 is 0.933 bits per heavy atom. The highest BCUT2D eigenvalue weighted by atomic mass is 16.5. The van der Waals surface area contributed by atoms with Crippen molar-refractivity contribution in [1.82, 2.24) is 9.88 Å². The van der Waals surface area contributed by atoms with Crippen LogP contribution >= 0.6 is 0 Å². The van der Waals surface area contributed by atoms with Gasteiger partial charge in [-0.05, 0) is 67.6 Å². The monoisotopic (exact) mass is 404 g/mol. The van der Waals surface area contributed by atoms with Gasteiger partial charge in [-0.1, -0.05) is 12.5 Å². The maximum atomic E-state index is 12.3. The number of hydrazone groups is 1. The normalized spacial score (nSPS) is 21.3. The third-order valence-electron chi connectivity index (χ3n) is 6.46. The third kappa shape index (κ3) is 4.10. The number of carbonyl (C=O) groups excluding carboxylic acids is 1. The van der Waals surface area contributed by atoms with Crippen molar-refractivity contribution in [1.29, 1.82) is 0 Å². The molecule has 1 saturated carbocycles. The first-order valence-electron chi connectivity index (χ1n) is 11.1. The quantitative estimate of drug-likeness (QED) is 0.756. The van der Waals surface area contributed by atoms with E-state index in [-0.39, 0.29) is 5.91 Å². The molecule has 1 aromatic heterocycles. The molecule has 0 bridgehead atoms. The molecule has 2 aliphatic heterocycles. The van der Waals surface area contributed by atoms with Crippen LogP contribution in [0, 0.1) is 0 Å². The van der Waals surface area contributed by atoms with Gasteiger partial charge in [-0.3, -0.25) is 4.79 Å². The molecule has 3 heterocycles. The average Bonchev–Trinajstić information content (AvgIpc) is 2.75. The molecule has 6 nitrogen and oxygen atoms in total. The van der Waals surface area contributed by atoms with Crippen molar-refractivity contribution >= 4 is 17.4 Å². The molecule has 2 fully saturated rings. The summed E-state index contributed by atoms with van der Waals surface area (Å²) in [6, 6.07) is 14.5. The first-order chi connectivity index (χ1) is 14.8. The highest BCUT2D eigenvalue weighted by Crippen LogP contribution is 2.29. The molecule has 1 aromatic carbocycles. The van der Waals surface area contributed by atoms with Crippen LogP contribution in [-0.2, 0) is 4.79 Å². The van der Waals surface area contributed by atoms with Gasteiger partial charge in [0.05, 0.1) is 5.71 Å². The standard InChI is InChI=1S/C24H28N4O2/c29-24-12-11-22(26-28(24)23-6-1-2-15-25-23)18-7-9-20(10-8-18)30-21-13-16-27(17-14-21)19-4-3-5-19/h1-2,6-10,15,19,21H,3-5,11-14,16-17H2. The van der Waals surface area contributed by atoms with Crippen LogP contribution in [0.15, 0.2) is 53.8 Å². The Balaban J connectivity index is 1.22. The maximum Gasteiger partial charge on any atom is 0.249 e. The van der Waals surface area contributed by atoms with E-state index in [1.807, 2.05) is 36.4 Å². The molecule has 0 unspecified atom stereocenters. The van der Waals surface area contributed by atoms with E-state index in [0.29, 0.717) is 24.8 Å². The van der Waals surface area contributed by atoms with Crippen molar-refractivity contribution in [2.24, 2.45) is 5.10 Å². The zero-order chi connectivity index (χ0) is 20.3. The number of amides is 1. The molecule has 1 saturated heterocycles. The molecule has 30 heavy (non-hydrogen) atoms. The minimum atomic E-state index is -0.0225. The van der Waals surface area contributed by atoms with Gasteiger partial charge in [0, 0.05) is 38.2 Å². The van der Waals surface area contributed by atoms with Crippen molar-refractivity contribution in [2.45, 2.75) is 57.1 Å². The molecule has 0 spiro atoms. The number of hydrogen-bond donors (Lipinski definition) is 0. The fourth-order valence-electron chi connectivity index (χ4n) is 4.45. The van der Waals surface area contributed by atoms with Crippen LogP contribution in [0.5, 0.6) is 5.75 Å². The lowest BCUT2D eigenvalue weighted by atomic mass is 9.90. The number of anilines is 1. The van der Waals surface area contributed by atoms with Crippen LogP contribution in [0.2, 0.25) is 0 Å². The van der Waals surface area contributed by atoms with Crippen molar-refractivity contribution in [2.75, 3.05) is 18.1 Å². The lowest BCUT2D eigenvalue weighted by molar-refractivity contribution is -0.118. The minimum absolute atomic E-state index is 0.0225. The van der Waals surface area contributed by atoms with Crippen LogP contribution in [0.4, 0.5) is 5.82 Å². The Labute approximate surface area is 177 Å². The van der Waals surface area contributed by atoms with Gasteiger partial charge in [0.25, 0.3) is 0 Å². The predicted octanol–water partition coefficient (Wildman–Crippen LogP) is 4.01. The van der Waals surface area contributed by atoms with Crippen molar-refractivity contribution < 1.29 is 9.53 Å². The van der Waals surface area contributed by atoms with Crippen LogP contribution in [0.25, 0.3) is 0 Å². The van der Waals surface area contributed by atoms with Gasteiger partial charge in [0.1, 0.15) is 11.9 Å². The second-order valence-electron chi connectivity index (χ2n) is 8.40. The number of aromatic nitrogens is 1. The van der Waals surface area contributed by atoms with E-state index in [9.17, 15) is 4.79 Å². The largest absolute Gasteiger partial charge is 0.490 e. The predicted molar refractivity (Wildman–Crippen MR) is 117 cm³/mol. The lowest BCUT2D eigenvalue weighted by Gasteiger charge is -2.41. The lowest BCUT2D eigenvalue weighted by Crippen LogP contribution is -2.46. The van der Waals surface area contributed by atoms with Crippen molar-refractivity contribution in [3.05, 3.63) is 54.2 Å². The maximum absolute atomic E-state index is 12.3.